The lowest BCUT2D eigenvalue weighted by molar-refractivity contribution is 0.697. The molecule has 0 spiro atoms. The van der Waals surface area contributed by atoms with Gasteiger partial charge in [0.05, 0.1) is 3.79 Å². The Bertz CT molecular complexity index is 396. The first-order chi connectivity index (χ1) is 6.75. The van der Waals surface area contributed by atoms with E-state index in [-0.39, 0.29) is 6.04 Å². The zero-order valence-corrected chi connectivity index (χ0v) is 9.81. The molecular weight excluding hydrogens is 262 g/mol. The molecule has 2 heterocycles. The van der Waals surface area contributed by atoms with Crippen LogP contribution in [0.15, 0.2) is 27.6 Å². The Balaban J connectivity index is 2.06. The zero-order chi connectivity index (χ0) is 9.97. The molecule has 0 aromatic carbocycles. The number of nitrogens with two attached hydrogens (primary N) is 1. The maximum atomic E-state index is 6.03. The summed E-state index contributed by atoms with van der Waals surface area (Å²) in [7, 11) is 0. The van der Waals surface area contributed by atoms with Gasteiger partial charge in [0.2, 0.25) is 0 Å². The van der Waals surface area contributed by atoms with E-state index >= 15 is 0 Å². The molecule has 0 amide bonds. The van der Waals surface area contributed by atoms with Crippen molar-refractivity contribution in [2.24, 2.45) is 5.73 Å². The lowest BCUT2D eigenvalue weighted by Gasteiger charge is -2.06. The molecular formula is C9H10BrN3S. The van der Waals surface area contributed by atoms with Crippen molar-refractivity contribution in [2.45, 2.75) is 12.5 Å². The Morgan fingerprint density at radius 3 is 3.07 bits per heavy atom. The first kappa shape index (κ1) is 9.89. The van der Waals surface area contributed by atoms with Gasteiger partial charge < -0.3 is 10.7 Å². The van der Waals surface area contributed by atoms with Crippen molar-refractivity contribution in [3.63, 3.8) is 0 Å². The third-order valence-electron chi connectivity index (χ3n) is 1.98. The summed E-state index contributed by atoms with van der Waals surface area (Å²) in [4.78, 5) is 7.19. The quantitative estimate of drug-likeness (QED) is 0.901. The lowest BCUT2D eigenvalue weighted by Crippen LogP contribution is -2.13. The van der Waals surface area contributed by atoms with Crippen LogP contribution in [0.3, 0.4) is 0 Å². The Morgan fingerprint density at radius 1 is 1.64 bits per heavy atom. The number of imidazole rings is 1. The molecule has 0 aliphatic heterocycles. The number of hydrogen-bond acceptors (Lipinski definition) is 3. The number of aromatic nitrogens is 2. The van der Waals surface area contributed by atoms with Crippen LogP contribution in [0.1, 0.15) is 17.4 Å². The maximum Gasteiger partial charge on any atom is 0.107 e. The second-order valence-corrected chi connectivity index (χ2v) is 5.32. The summed E-state index contributed by atoms with van der Waals surface area (Å²) in [5.41, 5.74) is 7.18. The Kier molecular flexibility index (Phi) is 3.00. The molecule has 2 aromatic rings. The van der Waals surface area contributed by atoms with Crippen LogP contribution >= 0.6 is 27.3 Å². The minimum atomic E-state index is 0.0173. The van der Waals surface area contributed by atoms with Gasteiger partial charge in [-0.15, -0.1) is 11.3 Å². The number of aromatic amines is 1. The average Bonchev–Trinajstić information content (AvgIpc) is 2.75. The summed E-state index contributed by atoms with van der Waals surface area (Å²) in [6.07, 6.45) is 4.30. The van der Waals surface area contributed by atoms with Crippen LogP contribution in [0.2, 0.25) is 0 Å². The summed E-state index contributed by atoms with van der Waals surface area (Å²) in [5, 5.41) is 2.07. The molecule has 0 aliphatic carbocycles. The fourth-order valence-electron chi connectivity index (χ4n) is 1.25. The molecule has 0 saturated heterocycles. The summed E-state index contributed by atoms with van der Waals surface area (Å²) in [5.74, 6) is 0.930. The van der Waals surface area contributed by atoms with Crippen molar-refractivity contribution >= 4 is 27.3 Å². The van der Waals surface area contributed by atoms with Gasteiger partial charge in [-0.2, -0.15) is 0 Å². The van der Waals surface area contributed by atoms with Gasteiger partial charge in [-0.3, -0.25) is 0 Å². The zero-order valence-electron chi connectivity index (χ0n) is 7.40. The number of rotatable bonds is 3. The van der Waals surface area contributed by atoms with E-state index in [9.17, 15) is 0 Å². The number of H-pyrrole nitrogens is 1. The highest BCUT2D eigenvalue weighted by molar-refractivity contribution is 9.11. The minimum Gasteiger partial charge on any atom is -0.349 e. The summed E-state index contributed by atoms with van der Waals surface area (Å²) in [6, 6.07) is 2.07. The largest absolute Gasteiger partial charge is 0.349 e. The maximum absolute atomic E-state index is 6.03. The van der Waals surface area contributed by atoms with Gasteiger partial charge in [0.15, 0.2) is 0 Å². The highest BCUT2D eigenvalue weighted by Crippen LogP contribution is 2.25. The highest BCUT2D eigenvalue weighted by atomic mass is 79.9. The predicted molar refractivity (Wildman–Crippen MR) is 61.2 cm³/mol. The topological polar surface area (TPSA) is 54.7 Å². The van der Waals surface area contributed by atoms with Crippen LogP contribution in [-0.4, -0.2) is 9.97 Å². The second kappa shape index (κ2) is 4.25. The summed E-state index contributed by atoms with van der Waals surface area (Å²) in [6.45, 7) is 0. The molecule has 1 atom stereocenters. The van der Waals surface area contributed by atoms with Crippen LogP contribution in [0.25, 0.3) is 0 Å². The molecule has 0 fully saturated rings. The van der Waals surface area contributed by atoms with E-state index in [2.05, 4.69) is 37.3 Å². The SMILES string of the molecule is NC(Cc1ncc[nH]1)c1csc(Br)c1. The predicted octanol–water partition coefficient (Wildman–Crippen LogP) is 2.48. The molecule has 0 bridgehead atoms. The van der Waals surface area contributed by atoms with E-state index < -0.39 is 0 Å². The Morgan fingerprint density at radius 2 is 2.50 bits per heavy atom. The molecule has 14 heavy (non-hydrogen) atoms. The number of halogens is 1. The third kappa shape index (κ3) is 2.23. The summed E-state index contributed by atoms with van der Waals surface area (Å²) < 4.78 is 1.11. The van der Waals surface area contributed by atoms with Crippen LogP contribution < -0.4 is 5.73 Å². The van der Waals surface area contributed by atoms with E-state index in [4.69, 9.17) is 5.73 Å². The molecule has 5 heteroatoms. The van der Waals surface area contributed by atoms with Crippen molar-refractivity contribution in [3.05, 3.63) is 39.0 Å². The fourth-order valence-corrected chi connectivity index (χ4v) is 2.49. The average molecular weight is 272 g/mol. The van der Waals surface area contributed by atoms with Gasteiger partial charge in [-0.25, -0.2) is 4.98 Å². The number of hydrogen-bond donors (Lipinski definition) is 2. The molecule has 74 valence electrons. The Labute approximate surface area is 94.5 Å². The van der Waals surface area contributed by atoms with E-state index in [0.29, 0.717) is 0 Å². The van der Waals surface area contributed by atoms with Crippen molar-refractivity contribution in [1.82, 2.24) is 9.97 Å². The fraction of sp³-hybridized carbons (Fsp3) is 0.222. The molecule has 0 aliphatic rings. The van der Waals surface area contributed by atoms with Crippen molar-refractivity contribution in [2.75, 3.05) is 0 Å². The van der Waals surface area contributed by atoms with E-state index in [1.54, 1.807) is 17.5 Å². The van der Waals surface area contributed by atoms with E-state index in [1.165, 1.54) is 0 Å². The van der Waals surface area contributed by atoms with Gasteiger partial charge in [0, 0.05) is 24.9 Å². The smallest absolute Gasteiger partial charge is 0.107 e. The normalized spacial score (nSPS) is 13.0. The van der Waals surface area contributed by atoms with E-state index in [0.717, 1.165) is 21.6 Å². The van der Waals surface area contributed by atoms with E-state index in [1.807, 2.05) is 6.20 Å². The molecule has 3 nitrogen and oxygen atoms in total. The number of nitrogens with one attached hydrogen (secondary N) is 1. The van der Waals surface area contributed by atoms with Crippen molar-refractivity contribution in [1.29, 1.82) is 0 Å². The molecule has 0 saturated carbocycles. The van der Waals surface area contributed by atoms with Gasteiger partial charge in [0.25, 0.3) is 0 Å². The van der Waals surface area contributed by atoms with Crippen molar-refractivity contribution < 1.29 is 0 Å². The third-order valence-corrected chi connectivity index (χ3v) is 3.51. The Hall–Kier alpha value is -0.650. The summed E-state index contributed by atoms with van der Waals surface area (Å²) >= 11 is 5.07. The van der Waals surface area contributed by atoms with Gasteiger partial charge in [-0.05, 0) is 32.9 Å². The van der Waals surface area contributed by atoms with Crippen LogP contribution in [0, 0.1) is 0 Å². The first-order valence-corrected chi connectivity index (χ1v) is 5.91. The van der Waals surface area contributed by atoms with Crippen LogP contribution in [0.5, 0.6) is 0 Å². The van der Waals surface area contributed by atoms with Crippen molar-refractivity contribution in [3.8, 4) is 0 Å². The first-order valence-electron chi connectivity index (χ1n) is 4.23. The van der Waals surface area contributed by atoms with Gasteiger partial charge >= 0.3 is 0 Å². The minimum absolute atomic E-state index is 0.0173. The number of thiophene rings is 1. The number of nitrogens with zero attached hydrogens (tertiary/aromatic N) is 1. The van der Waals surface area contributed by atoms with Gasteiger partial charge in [-0.1, -0.05) is 0 Å². The lowest BCUT2D eigenvalue weighted by atomic mass is 10.1. The molecule has 3 N–H and O–H groups in total. The standard InChI is InChI=1S/C9H10BrN3S/c10-8-3-6(5-14-8)7(11)4-9-12-1-2-13-9/h1-3,5,7H,4,11H2,(H,12,13). The van der Waals surface area contributed by atoms with Gasteiger partial charge in [0.1, 0.15) is 5.82 Å². The molecule has 0 radical (unpaired) electrons. The monoisotopic (exact) mass is 271 g/mol. The van der Waals surface area contributed by atoms with Crippen LogP contribution in [-0.2, 0) is 6.42 Å². The van der Waals surface area contributed by atoms with Crippen LogP contribution in [0.4, 0.5) is 0 Å². The second-order valence-electron chi connectivity index (χ2n) is 3.03. The highest BCUT2D eigenvalue weighted by Gasteiger charge is 2.09. The molecule has 1 unspecified atom stereocenters. The molecule has 2 rings (SSSR count). The molecule has 2 aromatic heterocycles.